The van der Waals surface area contributed by atoms with E-state index in [2.05, 4.69) is 4.98 Å². The third-order valence-electron chi connectivity index (χ3n) is 3.74. The predicted molar refractivity (Wildman–Crippen MR) is 96.5 cm³/mol. The van der Waals surface area contributed by atoms with Crippen LogP contribution in [0.2, 0.25) is 0 Å². The summed E-state index contributed by atoms with van der Waals surface area (Å²) in [6.45, 7) is 2.40. The Balaban J connectivity index is 2.07. The molecule has 0 amide bonds. The van der Waals surface area contributed by atoms with E-state index in [-0.39, 0.29) is 11.3 Å². The van der Waals surface area contributed by atoms with Gasteiger partial charge in [-0.05, 0) is 36.1 Å². The maximum Gasteiger partial charge on any atom is 0.330 e. The van der Waals surface area contributed by atoms with Crippen LogP contribution in [0.25, 0.3) is 27.1 Å². The van der Waals surface area contributed by atoms with Crippen molar-refractivity contribution >= 4 is 44.4 Å². The van der Waals surface area contributed by atoms with E-state index in [1.165, 1.54) is 29.6 Å². The molecular weight excluding hydrogens is 326 g/mol. The molecule has 0 aliphatic carbocycles. The van der Waals surface area contributed by atoms with Crippen molar-refractivity contribution in [2.24, 2.45) is 0 Å². The maximum absolute atomic E-state index is 12.1. The summed E-state index contributed by atoms with van der Waals surface area (Å²) in [5.41, 5.74) is 0.939. The number of fused-ring (bicyclic) bond motifs is 3. The number of carbonyl (C=O) groups excluding carboxylic acids is 1. The number of carbonyl (C=O) groups is 1. The van der Waals surface area contributed by atoms with Crippen molar-refractivity contribution in [1.82, 2.24) is 4.98 Å². The van der Waals surface area contributed by atoms with Gasteiger partial charge in [0.25, 0.3) is 5.56 Å². The highest BCUT2D eigenvalue weighted by Crippen LogP contribution is 2.33. The van der Waals surface area contributed by atoms with E-state index >= 15 is 0 Å². The maximum atomic E-state index is 12.1. The highest BCUT2D eigenvalue weighted by molar-refractivity contribution is 7.17. The second kappa shape index (κ2) is 6.88. The SMILES string of the molecule is CCCCOC(=O)C=Cc1c(O)ccc2[nH]c(=O)c3sccc3c12. The summed E-state index contributed by atoms with van der Waals surface area (Å²) >= 11 is 1.34. The quantitative estimate of drug-likeness (QED) is 0.419. The Labute approximate surface area is 142 Å². The molecule has 1 aromatic carbocycles. The number of H-pyrrole nitrogens is 1. The van der Waals surface area contributed by atoms with Gasteiger partial charge >= 0.3 is 5.97 Å². The normalized spacial score (nSPS) is 11.5. The molecule has 2 aromatic heterocycles. The molecule has 0 bridgehead atoms. The fraction of sp³-hybridized carbons (Fsp3) is 0.222. The molecule has 0 saturated heterocycles. The van der Waals surface area contributed by atoms with Crippen LogP contribution in [0, 0.1) is 0 Å². The second-order valence-electron chi connectivity index (χ2n) is 5.39. The number of phenols is 1. The minimum atomic E-state index is -0.453. The lowest BCUT2D eigenvalue weighted by Crippen LogP contribution is -2.05. The van der Waals surface area contributed by atoms with E-state index in [1.807, 2.05) is 18.4 Å². The molecule has 0 radical (unpaired) electrons. The number of hydrogen-bond donors (Lipinski definition) is 2. The number of aromatic amines is 1. The molecule has 3 rings (SSSR count). The number of rotatable bonds is 5. The van der Waals surface area contributed by atoms with E-state index in [9.17, 15) is 14.7 Å². The summed E-state index contributed by atoms with van der Waals surface area (Å²) in [6, 6.07) is 4.99. The zero-order valence-electron chi connectivity index (χ0n) is 13.2. The standard InChI is InChI=1S/C18H17NO4S/c1-2-3-9-23-15(21)7-4-11-14(20)6-5-13-16(11)12-8-10-24-17(12)18(22)19-13/h4-8,10,20H,2-3,9H2,1H3,(H,19,22). The van der Waals surface area contributed by atoms with Crippen molar-refractivity contribution in [3.8, 4) is 5.75 Å². The molecule has 0 saturated carbocycles. The number of esters is 1. The van der Waals surface area contributed by atoms with Crippen LogP contribution >= 0.6 is 11.3 Å². The Bertz CT molecular complexity index is 984. The van der Waals surface area contributed by atoms with Gasteiger partial charge in [0.2, 0.25) is 0 Å². The first kappa shape index (κ1) is 16.3. The van der Waals surface area contributed by atoms with Gasteiger partial charge in [-0.2, -0.15) is 0 Å². The van der Waals surface area contributed by atoms with E-state index in [1.54, 1.807) is 6.07 Å². The predicted octanol–water partition coefficient (Wildman–Crippen LogP) is 3.80. The van der Waals surface area contributed by atoms with Crippen molar-refractivity contribution in [3.05, 3.63) is 45.6 Å². The number of benzene rings is 1. The molecule has 0 aliphatic heterocycles. The lowest BCUT2D eigenvalue weighted by atomic mass is 10.0. The summed E-state index contributed by atoms with van der Waals surface area (Å²) in [5, 5.41) is 13.5. The number of pyridine rings is 1. The molecule has 2 N–H and O–H groups in total. The van der Waals surface area contributed by atoms with Gasteiger partial charge in [0, 0.05) is 27.9 Å². The van der Waals surface area contributed by atoms with Gasteiger partial charge in [-0.3, -0.25) is 4.79 Å². The zero-order valence-corrected chi connectivity index (χ0v) is 14.0. The first-order chi connectivity index (χ1) is 11.6. The third kappa shape index (κ3) is 3.05. The monoisotopic (exact) mass is 343 g/mol. The van der Waals surface area contributed by atoms with Crippen LogP contribution in [-0.4, -0.2) is 22.7 Å². The van der Waals surface area contributed by atoms with Crippen molar-refractivity contribution in [3.63, 3.8) is 0 Å². The largest absolute Gasteiger partial charge is 0.507 e. The van der Waals surface area contributed by atoms with Crippen LogP contribution in [-0.2, 0) is 9.53 Å². The van der Waals surface area contributed by atoms with Crippen molar-refractivity contribution < 1.29 is 14.6 Å². The van der Waals surface area contributed by atoms with E-state index in [4.69, 9.17) is 4.74 Å². The van der Waals surface area contributed by atoms with Gasteiger partial charge in [-0.1, -0.05) is 13.3 Å². The lowest BCUT2D eigenvalue weighted by Gasteiger charge is -2.07. The number of phenolic OH excluding ortho intramolecular Hbond substituents is 1. The summed E-state index contributed by atoms with van der Waals surface area (Å²) < 4.78 is 5.68. The van der Waals surface area contributed by atoms with Crippen LogP contribution in [0.15, 0.2) is 34.4 Å². The number of aromatic nitrogens is 1. The molecule has 0 aliphatic rings. The lowest BCUT2D eigenvalue weighted by molar-refractivity contribution is -0.137. The number of hydrogen-bond acceptors (Lipinski definition) is 5. The van der Waals surface area contributed by atoms with Gasteiger partial charge in [0.05, 0.1) is 6.61 Å². The molecule has 24 heavy (non-hydrogen) atoms. The molecule has 124 valence electrons. The smallest absolute Gasteiger partial charge is 0.330 e. The molecule has 3 aromatic rings. The molecular formula is C18H17NO4S. The third-order valence-corrected chi connectivity index (χ3v) is 4.65. The van der Waals surface area contributed by atoms with E-state index < -0.39 is 5.97 Å². The minimum absolute atomic E-state index is 0.0413. The Morgan fingerprint density at radius 1 is 1.38 bits per heavy atom. The average Bonchev–Trinajstić information content (AvgIpc) is 3.05. The molecule has 2 heterocycles. The van der Waals surface area contributed by atoms with Crippen LogP contribution in [0.1, 0.15) is 25.3 Å². The Morgan fingerprint density at radius 2 is 2.21 bits per heavy atom. The van der Waals surface area contributed by atoms with Gasteiger partial charge in [-0.15, -0.1) is 11.3 Å². The average molecular weight is 343 g/mol. The summed E-state index contributed by atoms with van der Waals surface area (Å²) in [5.74, 6) is -0.412. The first-order valence-electron chi connectivity index (χ1n) is 7.71. The molecule has 0 fully saturated rings. The Morgan fingerprint density at radius 3 is 3.00 bits per heavy atom. The molecule has 6 heteroatoms. The fourth-order valence-corrected chi connectivity index (χ4v) is 3.34. The number of nitrogens with one attached hydrogen (secondary N) is 1. The molecule has 0 atom stereocenters. The number of ether oxygens (including phenoxy) is 1. The van der Waals surface area contributed by atoms with Gasteiger partial charge in [0.1, 0.15) is 10.4 Å². The zero-order chi connectivity index (χ0) is 17.1. The van der Waals surface area contributed by atoms with Crippen molar-refractivity contribution in [1.29, 1.82) is 0 Å². The summed E-state index contributed by atoms with van der Waals surface area (Å²) in [4.78, 5) is 26.6. The van der Waals surface area contributed by atoms with Crippen molar-refractivity contribution in [2.75, 3.05) is 6.61 Å². The topological polar surface area (TPSA) is 79.4 Å². The summed E-state index contributed by atoms with van der Waals surface area (Å²) in [6.07, 6.45) is 4.59. The Kier molecular flexibility index (Phi) is 4.66. The Hall–Kier alpha value is -2.60. The second-order valence-corrected chi connectivity index (χ2v) is 6.31. The van der Waals surface area contributed by atoms with Gasteiger partial charge in [0.15, 0.2) is 0 Å². The van der Waals surface area contributed by atoms with Crippen molar-refractivity contribution in [2.45, 2.75) is 19.8 Å². The van der Waals surface area contributed by atoms with Gasteiger partial charge < -0.3 is 14.8 Å². The molecule has 0 unspecified atom stereocenters. The van der Waals surface area contributed by atoms with Crippen LogP contribution in [0.3, 0.4) is 0 Å². The highest BCUT2D eigenvalue weighted by atomic mass is 32.1. The molecule has 5 nitrogen and oxygen atoms in total. The number of aromatic hydroxyl groups is 1. The van der Waals surface area contributed by atoms with E-state index in [0.717, 1.165) is 18.2 Å². The first-order valence-corrected chi connectivity index (χ1v) is 8.59. The van der Waals surface area contributed by atoms with Crippen LogP contribution < -0.4 is 5.56 Å². The number of thiophene rings is 1. The van der Waals surface area contributed by atoms with Gasteiger partial charge in [-0.25, -0.2) is 4.79 Å². The fourth-order valence-electron chi connectivity index (χ4n) is 2.55. The van der Waals surface area contributed by atoms with Crippen LogP contribution in [0.4, 0.5) is 0 Å². The van der Waals surface area contributed by atoms with Crippen LogP contribution in [0.5, 0.6) is 5.75 Å². The van der Waals surface area contributed by atoms with E-state index in [0.29, 0.717) is 27.8 Å². The molecule has 0 spiro atoms. The highest BCUT2D eigenvalue weighted by Gasteiger charge is 2.12. The number of unbranched alkanes of at least 4 members (excludes halogenated alkanes) is 1. The summed E-state index contributed by atoms with van der Waals surface area (Å²) in [7, 11) is 0. The minimum Gasteiger partial charge on any atom is -0.507 e.